The summed E-state index contributed by atoms with van der Waals surface area (Å²) in [6, 6.07) is 13.1. The summed E-state index contributed by atoms with van der Waals surface area (Å²) >= 11 is 0. The molecule has 0 bridgehead atoms. The van der Waals surface area contributed by atoms with Crippen molar-refractivity contribution in [1.29, 1.82) is 0 Å². The Labute approximate surface area is 214 Å². The molecule has 7 heteroatoms. The molecule has 3 aliphatic carbocycles. The third-order valence-electron chi connectivity index (χ3n) is 9.70. The Hall–Kier alpha value is -2.38. The van der Waals surface area contributed by atoms with Crippen LogP contribution in [0.5, 0.6) is 0 Å². The molecule has 2 spiro atoms. The Morgan fingerprint density at radius 2 is 1.69 bits per heavy atom. The highest BCUT2D eigenvalue weighted by Gasteiger charge is 2.53. The third-order valence-corrected chi connectivity index (χ3v) is 10.3. The number of nitrogens with zero attached hydrogens (tertiary/aromatic N) is 1. The van der Waals surface area contributed by atoms with Gasteiger partial charge in [0.25, 0.3) is 5.91 Å². The second-order valence-corrected chi connectivity index (χ2v) is 14.1. The van der Waals surface area contributed by atoms with E-state index in [-0.39, 0.29) is 16.7 Å². The number of rotatable bonds is 5. The molecular formula is C29H36N2O4S. The SMILES string of the molecule is CC1(C(O)c2cccc(C(=O)N3CC4(CCC5(CC5)CC4)c4cc(NS(C)(=O)=O)ccc43)c2)CCC1. The first kappa shape index (κ1) is 24.0. The summed E-state index contributed by atoms with van der Waals surface area (Å²) in [5.74, 6) is -0.0588. The lowest BCUT2D eigenvalue weighted by atomic mass is 9.65. The topological polar surface area (TPSA) is 86.7 Å². The van der Waals surface area contributed by atoms with Crippen molar-refractivity contribution in [1.82, 2.24) is 0 Å². The number of anilines is 2. The molecule has 3 saturated carbocycles. The fourth-order valence-corrected chi connectivity index (χ4v) is 7.45. The lowest BCUT2D eigenvalue weighted by Crippen LogP contribution is -2.40. The molecule has 3 fully saturated rings. The molecule has 2 aromatic carbocycles. The van der Waals surface area contributed by atoms with Crippen molar-refractivity contribution < 1.29 is 18.3 Å². The van der Waals surface area contributed by atoms with E-state index in [1.54, 1.807) is 6.07 Å². The molecule has 4 aliphatic rings. The average Bonchev–Trinajstić information content (AvgIpc) is 3.53. The van der Waals surface area contributed by atoms with Crippen LogP contribution in [-0.4, -0.2) is 32.2 Å². The fourth-order valence-electron chi connectivity index (χ4n) is 6.90. The van der Waals surface area contributed by atoms with Crippen molar-refractivity contribution in [2.75, 3.05) is 22.4 Å². The van der Waals surface area contributed by atoms with Gasteiger partial charge in [0.2, 0.25) is 10.0 Å². The molecule has 1 aliphatic heterocycles. The molecule has 0 saturated heterocycles. The molecule has 1 heterocycles. The summed E-state index contributed by atoms with van der Waals surface area (Å²) < 4.78 is 26.4. The van der Waals surface area contributed by atoms with Crippen molar-refractivity contribution >= 4 is 27.3 Å². The van der Waals surface area contributed by atoms with Crippen LogP contribution < -0.4 is 9.62 Å². The van der Waals surface area contributed by atoms with Gasteiger partial charge in [0, 0.05) is 28.9 Å². The second kappa shape index (κ2) is 8.06. The molecule has 6 nitrogen and oxygen atoms in total. The molecule has 1 atom stereocenters. The Kier molecular flexibility index (Phi) is 5.37. The van der Waals surface area contributed by atoms with Crippen LogP contribution in [-0.2, 0) is 15.4 Å². The van der Waals surface area contributed by atoms with Crippen LogP contribution in [0.2, 0.25) is 0 Å². The Bertz CT molecular complexity index is 1320. The predicted octanol–water partition coefficient (Wildman–Crippen LogP) is 5.53. The van der Waals surface area contributed by atoms with E-state index in [4.69, 9.17) is 0 Å². The normalized spacial score (nSPS) is 23.7. The molecule has 0 aromatic heterocycles. The molecule has 192 valence electrons. The fraction of sp³-hybridized carbons (Fsp3) is 0.552. The summed E-state index contributed by atoms with van der Waals surface area (Å²) in [4.78, 5) is 15.8. The number of carbonyl (C=O) groups is 1. The van der Waals surface area contributed by atoms with Crippen molar-refractivity contribution in [3.63, 3.8) is 0 Å². The van der Waals surface area contributed by atoms with Crippen LogP contribution >= 0.6 is 0 Å². The van der Waals surface area contributed by atoms with Gasteiger partial charge in [-0.2, -0.15) is 0 Å². The first-order valence-corrected chi connectivity index (χ1v) is 15.1. The maximum absolute atomic E-state index is 13.9. The summed E-state index contributed by atoms with van der Waals surface area (Å²) in [7, 11) is -3.40. The molecule has 1 amide bonds. The summed E-state index contributed by atoms with van der Waals surface area (Å²) in [6.07, 6.45) is 10.7. The van der Waals surface area contributed by atoms with Crippen molar-refractivity contribution in [2.45, 2.75) is 76.2 Å². The van der Waals surface area contributed by atoms with Gasteiger partial charge in [0.15, 0.2) is 0 Å². The Morgan fingerprint density at radius 1 is 1.00 bits per heavy atom. The van der Waals surface area contributed by atoms with E-state index in [1.807, 2.05) is 41.3 Å². The smallest absolute Gasteiger partial charge is 0.258 e. The predicted molar refractivity (Wildman–Crippen MR) is 142 cm³/mol. The van der Waals surface area contributed by atoms with Gasteiger partial charge in [-0.1, -0.05) is 25.5 Å². The van der Waals surface area contributed by atoms with E-state index in [0.29, 0.717) is 23.2 Å². The van der Waals surface area contributed by atoms with Gasteiger partial charge < -0.3 is 10.0 Å². The number of nitrogens with one attached hydrogen (secondary N) is 1. The number of fused-ring (bicyclic) bond motifs is 2. The van der Waals surface area contributed by atoms with E-state index in [1.165, 1.54) is 25.7 Å². The first-order chi connectivity index (χ1) is 17.0. The molecular weight excluding hydrogens is 472 g/mol. The quantitative estimate of drug-likeness (QED) is 0.556. The van der Waals surface area contributed by atoms with Gasteiger partial charge in [-0.15, -0.1) is 0 Å². The zero-order valence-corrected chi connectivity index (χ0v) is 22.0. The van der Waals surface area contributed by atoms with Crippen LogP contribution in [0.4, 0.5) is 11.4 Å². The summed E-state index contributed by atoms with van der Waals surface area (Å²) in [6.45, 7) is 2.73. The maximum atomic E-state index is 13.9. The number of sulfonamides is 1. The Balaban J connectivity index is 1.34. The summed E-state index contributed by atoms with van der Waals surface area (Å²) in [5.41, 5.74) is 4.15. The van der Waals surface area contributed by atoms with E-state index in [2.05, 4.69) is 11.6 Å². The number of hydrogen-bond acceptors (Lipinski definition) is 4. The van der Waals surface area contributed by atoms with Gasteiger partial charge in [0.05, 0.1) is 12.4 Å². The van der Waals surface area contributed by atoms with Gasteiger partial charge >= 0.3 is 0 Å². The Morgan fingerprint density at radius 3 is 2.31 bits per heavy atom. The van der Waals surface area contributed by atoms with Gasteiger partial charge in [0.1, 0.15) is 0 Å². The monoisotopic (exact) mass is 508 g/mol. The van der Waals surface area contributed by atoms with Crippen molar-refractivity contribution in [3.8, 4) is 0 Å². The number of amides is 1. The molecule has 6 rings (SSSR count). The average molecular weight is 509 g/mol. The molecule has 2 N–H and O–H groups in total. The van der Waals surface area contributed by atoms with E-state index in [0.717, 1.165) is 55.2 Å². The van der Waals surface area contributed by atoms with E-state index in [9.17, 15) is 18.3 Å². The minimum absolute atomic E-state index is 0.0588. The highest BCUT2D eigenvalue weighted by molar-refractivity contribution is 7.92. The number of aliphatic hydroxyl groups excluding tert-OH is 1. The van der Waals surface area contributed by atoms with Gasteiger partial charge in [-0.05, 0) is 104 Å². The number of carbonyl (C=O) groups excluding carboxylic acids is 1. The molecule has 2 aromatic rings. The van der Waals surface area contributed by atoms with Crippen LogP contribution in [0.3, 0.4) is 0 Å². The molecule has 0 radical (unpaired) electrons. The zero-order valence-electron chi connectivity index (χ0n) is 21.2. The van der Waals surface area contributed by atoms with Crippen LogP contribution in [0, 0.1) is 10.8 Å². The first-order valence-electron chi connectivity index (χ1n) is 13.2. The number of hydrogen-bond donors (Lipinski definition) is 2. The number of benzene rings is 2. The highest BCUT2D eigenvalue weighted by atomic mass is 32.2. The lowest BCUT2D eigenvalue weighted by Gasteiger charge is -2.42. The minimum atomic E-state index is -3.40. The standard InChI is InChI=1S/C29H36N2O4S/c1-27(9-4-10-27)25(32)20-5-3-6-21(17-20)26(33)31-19-29(15-13-28(11-12-28)14-16-29)23-18-22(7-8-24(23)31)30-36(2,34)35/h3,5-8,17-18,25,30,32H,4,9-16,19H2,1-2H3. The van der Waals surface area contributed by atoms with E-state index >= 15 is 0 Å². The van der Waals surface area contributed by atoms with Crippen LogP contribution in [0.1, 0.15) is 92.3 Å². The largest absolute Gasteiger partial charge is 0.388 e. The minimum Gasteiger partial charge on any atom is -0.388 e. The molecule has 1 unspecified atom stereocenters. The second-order valence-electron chi connectivity index (χ2n) is 12.3. The van der Waals surface area contributed by atoms with E-state index < -0.39 is 16.1 Å². The number of aliphatic hydroxyl groups is 1. The summed E-state index contributed by atoms with van der Waals surface area (Å²) in [5, 5.41) is 11.0. The maximum Gasteiger partial charge on any atom is 0.258 e. The van der Waals surface area contributed by atoms with Crippen LogP contribution in [0.25, 0.3) is 0 Å². The molecule has 36 heavy (non-hydrogen) atoms. The van der Waals surface area contributed by atoms with Crippen molar-refractivity contribution in [3.05, 3.63) is 59.2 Å². The third kappa shape index (κ3) is 4.04. The highest BCUT2D eigenvalue weighted by Crippen LogP contribution is 2.62. The van der Waals surface area contributed by atoms with Crippen molar-refractivity contribution in [2.24, 2.45) is 10.8 Å². The van der Waals surface area contributed by atoms with Crippen LogP contribution in [0.15, 0.2) is 42.5 Å². The van der Waals surface area contributed by atoms with Gasteiger partial charge in [-0.3, -0.25) is 9.52 Å². The van der Waals surface area contributed by atoms with Gasteiger partial charge in [-0.25, -0.2) is 8.42 Å². The lowest BCUT2D eigenvalue weighted by molar-refractivity contribution is -0.0220. The zero-order chi connectivity index (χ0) is 25.3.